The third-order valence-corrected chi connectivity index (χ3v) is 3.69. The monoisotopic (exact) mass is 288 g/mol. The SMILES string of the molecule is Cc1cc(NN)nc(Cn2cnc3ccsc3c2=O)n1. The smallest absolute Gasteiger partial charge is 0.271 e. The van der Waals surface area contributed by atoms with E-state index in [9.17, 15) is 4.79 Å². The Labute approximate surface area is 118 Å². The van der Waals surface area contributed by atoms with E-state index in [-0.39, 0.29) is 12.1 Å². The van der Waals surface area contributed by atoms with E-state index in [0.29, 0.717) is 21.9 Å². The average molecular weight is 288 g/mol. The molecule has 102 valence electrons. The minimum absolute atomic E-state index is 0.0858. The minimum atomic E-state index is -0.0858. The quantitative estimate of drug-likeness (QED) is 0.548. The zero-order valence-corrected chi connectivity index (χ0v) is 11.5. The Morgan fingerprint density at radius 2 is 2.30 bits per heavy atom. The second-order valence-corrected chi connectivity index (χ2v) is 5.18. The second kappa shape index (κ2) is 4.99. The summed E-state index contributed by atoms with van der Waals surface area (Å²) in [6.07, 6.45) is 1.51. The molecule has 8 heteroatoms. The number of hydrazine groups is 1. The number of rotatable bonds is 3. The number of aryl methyl sites for hydroxylation is 1. The van der Waals surface area contributed by atoms with Crippen molar-refractivity contribution in [2.75, 3.05) is 5.43 Å². The molecule has 0 fully saturated rings. The molecule has 0 aliphatic rings. The van der Waals surface area contributed by atoms with Crippen molar-refractivity contribution in [3.05, 3.63) is 45.7 Å². The molecule has 7 nitrogen and oxygen atoms in total. The number of hydrogen-bond donors (Lipinski definition) is 2. The maximum absolute atomic E-state index is 12.3. The summed E-state index contributed by atoms with van der Waals surface area (Å²) < 4.78 is 2.13. The third kappa shape index (κ3) is 2.26. The van der Waals surface area contributed by atoms with Gasteiger partial charge in [-0.1, -0.05) is 0 Å². The number of nitrogen functional groups attached to an aromatic ring is 1. The van der Waals surface area contributed by atoms with Gasteiger partial charge in [0.1, 0.15) is 10.5 Å². The molecule has 0 bridgehead atoms. The lowest BCUT2D eigenvalue weighted by Gasteiger charge is -2.07. The van der Waals surface area contributed by atoms with Gasteiger partial charge in [0.15, 0.2) is 5.82 Å². The lowest BCUT2D eigenvalue weighted by molar-refractivity contribution is 0.704. The van der Waals surface area contributed by atoms with E-state index in [1.165, 1.54) is 22.2 Å². The number of nitrogens with one attached hydrogen (secondary N) is 1. The average Bonchev–Trinajstić information content (AvgIpc) is 2.90. The van der Waals surface area contributed by atoms with Crippen molar-refractivity contribution in [1.29, 1.82) is 0 Å². The summed E-state index contributed by atoms with van der Waals surface area (Å²) in [6, 6.07) is 3.55. The number of nitrogens with zero attached hydrogens (tertiary/aromatic N) is 4. The fourth-order valence-electron chi connectivity index (χ4n) is 1.92. The Balaban J connectivity index is 2.02. The van der Waals surface area contributed by atoms with Gasteiger partial charge in [-0.2, -0.15) is 0 Å². The first-order valence-electron chi connectivity index (χ1n) is 5.91. The van der Waals surface area contributed by atoms with Gasteiger partial charge >= 0.3 is 0 Å². The summed E-state index contributed by atoms with van der Waals surface area (Å²) in [5.41, 5.74) is 3.89. The van der Waals surface area contributed by atoms with E-state index in [2.05, 4.69) is 20.4 Å². The molecule has 0 aliphatic heterocycles. The molecule has 0 atom stereocenters. The fraction of sp³-hybridized carbons (Fsp3) is 0.167. The van der Waals surface area contributed by atoms with Gasteiger partial charge in [-0.25, -0.2) is 20.8 Å². The van der Waals surface area contributed by atoms with Crippen LogP contribution in [0, 0.1) is 6.92 Å². The summed E-state index contributed by atoms with van der Waals surface area (Å²) in [6.45, 7) is 2.10. The zero-order valence-electron chi connectivity index (χ0n) is 10.7. The molecule has 0 aliphatic carbocycles. The number of anilines is 1. The maximum atomic E-state index is 12.3. The molecule has 3 N–H and O–H groups in total. The van der Waals surface area contributed by atoms with E-state index in [1.54, 1.807) is 6.07 Å². The van der Waals surface area contributed by atoms with Gasteiger partial charge < -0.3 is 5.43 Å². The Bertz CT molecular complexity index is 824. The minimum Gasteiger partial charge on any atom is -0.308 e. The molecule has 0 radical (unpaired) electrons. The predicted octanol–water partition coefficient (Wildman–Crippen LogP) is 0.890. The van der Waals surface area contributed by atoms with Crippen LogP contribution in [0.3, 0.4) is 0 Å². The molecule has 3 rings (SSSR count). The van der Waals surface area contributed by atoms with Gasteiger partial charge in [-0.15, -0.1) is 11.3 Å². The molecule has 20 heavy (non-hydrogen) atoms. The molecule has 0 saturated heterocycles. The topological polar surface area (TPSA) is 98.7 Å². The molecular weight excluding hydrogens is 276 g/mol. The molecule has 0 aromatic carbocycles. The highest BCUT2D eigenvalue weighted by Gasteiger charge is 2.08. The van der Waals surface area contributed by atoms with E-state index in [4.69, 9.17) is 5.84 Å². The van der Waals surface area contributed by atoms with E-state index in [0.717, 1.165) is 5.69 Å². The second-order valence-electron chi connectivity index (χ2n) is 4.27. The van der Waals surface area contributed by atoms with Crippen molar-refractivity contribution in [1.82, 2.24) is 19.5 Å². The van der Waals surface area contributed by atoms with Crippen molar-refractivity contribution in [3.63, 3.8) is 0 Å². The van der Waals surface area contributed by atoms with E-state index >= 15 is 0 Å². The number of hydrogen-bond acceptors (Lipinski definition) is 7. The third-order valence-electron chi connectivity index (χ3n) is 2.80. The number of nitrogens with two attached hydrogens (primary N) is 1. The number of aromatic nitrogens is 4. The van der Waals surface area contributed by atoms with Crippen LogP contribution in [-0.4, -0.2) is 19.5 Å². The van der Waals surface area contributed by atoms with Crippen molar-refractivity contribution >= 4 is 27.4 Å². The summed E-state index contributed by atoms with van der Waals surface area (Å²) in [4.78, 5) is 25.0. The predicted molar refractivity (Wildman–Crippen MR) is 77.6 cm³/mol. The molecular formula is C12H12N6OS. The standard InChI is InChI=1S/C12H12N6OS/c1-7-4-9(17-13)16-10(15-7)5-18-6-14-8-2-3-20-11(8)12(18)19/h2-4,6H,5,13H2,1H3,(H,15,16,17). The summed E-state index contributed by atoms with van der Waals surface area (Å²) in [7, 11) is 0. The van der Waals surface area contributed by atoms with Crippen LogP contribution < -0.4 is 16.8 Å². The van der Waals surface area contributed by atoms with Crippen LogP contribution in [0.5, 0.6) is 0 Å². The van der Waals surface area contributed by atoms with Crippen LogP contribution in [0.2, 0.25) is 0 Å². The summed E-state index contributed by atoms with van der Waals surface area (Å²) in [5, 5.41) is 1.85. The highest BCUT2D eigenvalue weighted by Crippen LogP contribution is 2.13. The van der Waals surface area contributed by atoms with E-state index in [1.807, 2.05) is 18.4 Å². The lowest BCUT2D eigenvalue weighted by atomic mass is 10.4. The zero-order chi connectivity index (χ0) is 14.1. The first-order valence-corrected chi connectivity index (χ1v) is 6.79. The fourth-order valence-corrected chi connectivity index (χ4v) is 2.71. The van der Waals surface area contributed by atoms with Gasteiger partial charge in [0.05, 0.1) is 18.4 Å². The summed E-state index contributed by atoms with van der Waals surface area (Å²) in [5.74, 6) is 6.38. The van der Waals surface area contributed by atoms with Crippen molar-refractivity contribution in [3.8, 4) is 0 Å². The number of thiophene rings is 1. The Hall–Kier alpha value is -2.32. The first kappa shape index (κ1) is 12.7. The van der Waals surface area contributed by atoms with Crippen LogP contribution in [0.1, 0.15) is 11.5 Å². The molecule has 0 spiro atoms. The van der Waals surface area contributed by atoms with Gasteiger partial charge in [0.25, 0.3) is 5.56 Å². The summed E-state index contributed by atoms with van der Waals surface area (Å²) >= 11 is 1.38. The molecule has 3 aromatic rings. The van der Waals surface area contributed by atoms with Crippen LogP contribution in [-0.2, 0) is 6.54 Å². The van der Waals surface area contributed by atoms with Crippen molar-refractivity contribution < 1.29 is 0 Å². The van der Waals surface area contributed by atoms with Crippen LogP contribution >= 0.6 is 11.3 Å². The Morgan fingerprint density at radius 3 is 3.10 bits per heavy atom. The van der Waals surface area contributed by atoms with Gasteiger partial charge in [-0.3, -0.25) is 9.36 Å². The first-order chi connectivity index (χ1) is 9.67. The van der Waals surface area contributed by atoms with Crippen LogP contribution in [0.25, 0.3) is 10.2 Å². The maximum Gasteiger partial charge on any atom is 0.271 e. The van der Waals surface area contributed by atoms with E-state index < -0.39 is 0 Å². The Kier molecular flexibility index (Phi) is 3.17. The number of fused-ring (bicyclic) bond motifs is 1. The van der Waals surface area contributed by atoms with Crippen molar-refractivity contribution in [2.45, 2.75) is 13.5 Å². The molecule has 3 heterocycles. The largest absolute Gasteiger partial charge is 0.308 e. The molecule has 0 saturated carbocycles. The van der Waals surface area contributed by atoms with Crippen LogP contribution in [0.15, 0.2) is 28.6 Å². The lowest BCUT2D eigenvalue weighted by Crippen LogP contribution is -2.22. The highest BCUT2D eigenvalue weighted by molar-refractivity contribution is 7.17. The highest BCUT2D eigenvalue weighted by atomic mass is 32.1. The van der Waals surface area contributed by atoms with Gasteiger partial charge in [-0.05, 0) is 18.4 Å². The Morgan fingerprint density at radius 1 is 1.45 bits per heavy atom. The normalized spacial score (nSPS) is 10.9. The molecule has 0 amide bonds. The van der Waals surface area contributed by atoms with Gasteiger partial charge in [0, 0.05) is 11.8 Å². The molecule has 0 unspecified atom stereocenters. The van der Waals surface area contributed by atoms with Crippen molar-refractivity contribution in [2.24, 2.45) is 5.84 Å². The molecule has 3 aromatic heterocycles. The van der Waals surface area contributed by atoms with Gasteiger partial charge in [0.2, 0.25) is 0 Å². The van der Waals surface area contributed by atoms with Crippen LogP contribution in [0.4, 0.5) is 5.82 Å².